The van der Waals surface area contributed by atoms with Crippen LogP contribution in [0, 0.1) is 0 Å². The maximum absolute atomic E-state index is 12.1. The highest BCUT2D eigenvalue weighted by atomic mass is 32.2. The third-order valence-corrected chi connectivity index (χ3v) is 4.16. The molecule has 3 heterocycles. The Morgan fingerprint density at radius 3 is 3.11 bits per heavy atom. The SMILES string of the molecule is CN1C(=O)/C(=C/c2ccco2)S/C1=N/c1nccs1. The molecule has 0 aromatic carbocycles. The first kappa shape index (κ1) is 12.2. The molecule has 0 unspecified atom stereocenters. The number of hydrogen-bond acceptors (Lipinski definition) is 6. The molecule has 5 nitrogen and oxygen atoms in total. The lowest BCUT2D eigenvalue weighted by Gasteiger charge is -2.05. The zero-order chi connectivity index (χ0) is 13.2. The third-order valence-electron chi connectivity index (χ3n) is 2.43. The second-order valence-electron chi connectivity index (χ2n) is 3.70. The van der Waals surface area contributed by atoms with Crippen molar-refractivity contribution in [3.05, 3.63) is 40.6 Å². The summed E-state index contributed by atoms with van der Waals surface area (Å²) >= 11 is 2.75. The van der Waals surface area contributed by atoms with Gasteiger partial charge in [0.25, 0.3) is 5.91 Å². The average molecular weight is 291 g/mol. The van der Waals surface area contributed by atoms with E-state index in [1.807, 2.05) is 5.38 Å². The first-order chi connectivity index (χ1) is 9.24. The lowest BCUT2D eigenvalue weighted by molar-refractivity contribution is -0.121. The van der Waals surface area contributed by atoms with E-state index in [1.165, 1.54) is 28.0 Å². The lowest BCUT2D eigenvalue weighted by Crippen LogP contribution is -2.23. The van der Waals surface area contributed by atoms with Crippen molar-refractivity contribution in [2.45, 2.75) is 0 Å². The largest absolute Gasteiger partial charge is 0.465 e. The first-order valence-electron chi connectivity index (χ1n) is 5.43. The molecule has 0 spiro atoms. The molecule has 3 rings (SSSR count). The molecule has 1 saturated heterocycles. The van der Waals surface area contributed by atoms with E-state index in [0.29, 0.717) is 21.0 Å². The highest BCUT2D eigenvalue weighted by Gasteiger charge is 2.30. The Kier molecular flexibility index (Phi) is 3.22. The molecule has 19 heavy (non-hydrogen) atoms. The summed E-state index contributed by atoms with van der Waals surface area (Å²) in [6.45, 7) is 0. The fourth-order valence-corrected chi connectivity index (χ4v) is 3.02. The van der Waals surface area contributed by atoms with Crippen molar-refractivity contribution in [1.82, 2.24) is 9.88 Å². The van der Waals surface area contributed by atoms with Gasteiger partial charge >= 0.3 is 0 Å². The van der Waals surface area contributed by atoms with E-state index in [1.54, 1.807) is 37.7 Å². The van der Waals surface area contributed by atoms with Crippen molar-refractivity contribution in [2.24, 2.45) is 4.99 Å². The molecule has 0 saturated carbocycles. The fourth-order valence-electron chi connectivity index (χ4n) is 1.51. The minimum Gasteiger partial charge on any atom is -0.465 e. The van der Waals surface area contributed by atoms with Crippen LogP contribution in [-0.2, 0) is 4.79 Å². The van der Waals surface area contributed by atoms with Gasteiger partial charge < -0.3 is 4.42 Å². The molecule has 0 aliphatic carbocycles. The normalized spacial score (nSPS) is 19.8. The van der Waals surface area contributed by atoms with E-state index >= 15 is 0 Å². The van der Waals surface area contributed by atoms with Crippen LogP contribution in [0.1, 0.15) is 5.76 Å². The van der Waals surface area contributed by atoms with E-state index in [0.717, 1.165) is 0 Å². The Morgan fingerprint density at radius 1 is 1.53 bits per heavy atom. The Labute approximate surface area is 117 Å². The van der Waals surface area contributed by atoms with Crippen molar-refractivity contribution in [2.75, 3.05) is 7.05 Å². The van der Waals surface area contributed by atoms with E-state index in [4.69, 9.17) is 4.42 Å². The minimum absolute atomic E-state index is 0.0864. The standard InChI is InChI=1S/C12H9N3O2S2/c1-15-10(16)9(7-8-3-2-5-17-8)19-12(15)14-11-13-4-6-18-11/h2-7H,1H3/b9-7-,14-12+. The lowest BCUT2D eigenvalue weighted by atomic mass is 10.4. The maximum atomic E-state index is 12.1. The number of nitrogens with zero attached hydrogens (tertiary/aromatic N) is 3. The number of thiazole rings is 1. The van der Waals surface area contributed by atoms with Gasteiger partial charge in [-0.15, -0.1) is 11.3 Å². The van der Waals surface area contributed by atoms with Gasteiger partial charge in [-0.05, 0) is 23.9 Å². The van der Waals surface area contributed by atoms with Gasteiger partial charge in [-0.1, -0.05) is 0 Å². The number of rotatable bonds is 2. The summed E-state index contributed by atoms with van der Waals surface area (Å²) in [6, 6.07) is 3.58. The van der Waals surface area contributed by atoms with Crippen LogP contribution < -0.4 is 0 Å². The van der Waals surface area contributed by atoms with Crippen LogP contribution in [0.5, 0.6) is 0 Å². The van der Waals surface area contributed by atoms with Crippen LogP contribution in [-0.4, -0.2) is 28.0 Å². The number of hydrogen-bond donors (Lipinski definition) is 0. The van der Waals surface area contributed by atoms with Gasteiger partial charge in [-0.3, -0.25) is 9.69 Å². The molecular formula is C12H9N3O2S2. The number of amidine groups is 1. The number of carbonyl (C=O) groups excluding carboxylic acids is 1. The Balaban J connectivity index is 1.90. The van der Waals surface area contributed by atoms with Crippen molar-refractivity contribution < 1.29 is 9.21 Å². The van der Waals surface area contributed by atoms with Crippen LogP contribution in [0.4, 0.5) is 5.13 Å². The molecule has 1 aliphatic heterocycles. The summed E-state index contributed by atoms with van der Waals surface area (Å²) in [5, 5.41) is 3.11. The summed E-state index contributed by atoms with van der Waals surface area (Å²) in [4.78, 5) is 22.6. The molecule has 96 valence electrons. The average Bonchev–Trinajstić information content (AvgIpc) is 3.11. The minimum atomic E-state index is -0.0864. The number of likely N-dealkylation sites (N-methyl/N-ethyl adjacent to an activating group) is 1. The van der Waals surface area contributed by atoms with Crippen LogP contribution in [0.15, 0.2) is 44.3 Å². The molecule has 0 bridgehead atoms. The first-order valence-corrected chi connectivity index (χ1v) is 7.13. The molecule has 2 aromatic rings. The van der Waals surface area contributed by atoms with Crippen LogP contribution in [0.2, 0.25) is 0 Å². The second kappa shape index (κ2) is 5.02. The summed E-state index contributed by atoms with van der Waals surface area (Å²) < 4.78 is 5.21. The zero-order valence-electron chi connectivity index (χ0n) is 9.94. The van der Waals surface area contributed by atoms with Crippen LogP contribution >= 0.6 is 23.1 Å². The van der Waals surface area contributed by atoms with E-state index in [2.05, 4.69) is 9.98 Å². The Morgan fingerprint density at radius 2 is 2.42 bits per heavy atom. The predicted molar refractivity (Wildman–Crippen MR) is 76.3 cm³/mol. The molecule has 0 radical (unpaired) electrons. The topological polar surface area (TPSA) is 58.7 Å². The molecule has 2 aromatic heterocycles. The second-order valence-corrected chi connectivity index (χ2v) is 5.58. The Bertz CT molecular complexity index is 645. The molecule has 1 fully saturated rings. The monoisotopic (exact) mass is 291 g/mol. The zero-order valence-corrected chi connectivity index (χ0v) is 11.6. The van der Waals surface area contributed by atoms with Gasteiger partial charge in [0.15, 0.2) is 5.17 Å². The fraction of sp³-hybridized carbons (Fsp3) is 0.0833. The van der Waals surface area contributed by atoms with Gasteiger partial charge in [0, 0.05) is 24.7 Å². The third kappa shape index (κ3) is 2.47. The molecule has 1 aliphatic rings. The number of furan rings is 1. The highest BCUT2D eigenvalue weighted by molar-refractivity contribution is 8.18. The van der Waals surface area contributed by atoms with Crippen LogP contribution in [0.25, 0.3) is 6.08 Å². The molecule has 1 amide bonds. The van der Waals surface area contributed by atoms with Crippen LogP contribution in [0.3, 0.4) is 0 Å². The summed E-state index contributed by atoms with van der Waals surface area (Å²) in [5.41, 5.74) is 0. The predicted octanol–water partition coefficient (Wildman–Crippen LogP) is 2.97. The summed E-state index contributed by atoms with van der Waals surface area (Å²) in [7, 11) is 1.70. The number of aromatic nitrogens is 1. The molecular weight excluding hydrogens is 282 g/mol. The molecule has 7 heteroatoms. The van der Waals surface area contributed by atoms with Crippen molar-refractivity contribution in [3.63, 3.8) is 0 Å². The Hall–Kier alpha value is -1.86. The van der Waals surface area contributed by atoms with E-state index in [9.17, 15) is 4.79 Å². The molecule has 0 atom stereocenters. The van der Waals surface area contributed by atoms with Gasteiger partial charge in [-0.25, -0.2) is 4.98 Å². The van der Waals surface area contributed by atoms with Crippen molar-refractivity contribution >= 4 is 45.4 Å². The van der Waals surface area contributed by atoms with Crippen molar-refractivity contribution in [3.8, 4) is 0 Å². The summed E-state index contributed by atoms with van der Waals surface area (Å²) in [6.07, 6.45) is 4.98. The maximum Gasteiger partial charge on any atom is 0.266 e. The quantitative estimate of drug-likeness (QED) is 0.798. The molecule has 0 N–H and O–H groups in total. The van der Waals surface area contributed by atoms with Gasteiger partial charge in [0.1, 0.15) is 5.76 Å². The van der Waals surface area contributed by atoms with E-state index in [-0.39, 0.29) is 5.91 Å². The number of aliphatic imine (C=N–C) groups is 1. The van der Waals surface area contributed by atoms with E-state index < -0.39 is 0 Å². The van der Waals surface area contributed by atoms with Gasteiger partial charge in [0.2, 0.25) is 5.13 Å². The van der Waals surface area contributed by atoms with Crippen molar-refractivity contribution in [1.29, 1.82) is 0 Å². The van der Waals surface area contributed by atoms with Gasteiger partial charge in [-0.2, -0.15) is 4.99 Å². The van der Waals surface area contributed by atoms with Gasteiger partial charge in [0.05, 0.1) is 11.2 Å². The highest BCUT2D eigenvalue weighted by Crippen LogP contribution is 2.33. The number of carbonyl (C=O) groups is 1. The number of amides is 1. The number of thioether (sulfide) groups is 1. The smallest absolute Gasteiger partial charge is 0.266 e. The summed E-state index contributed by atoms with van der Waals surface area (Å²) in [5.74, 6) is 0.566.